The van der Waals surface area contributed by atoms with Crippen molar-refractivity contribution in [1.29, 1.82) is 0 Å². The fourth-order valence-corrected chi connectivity index (χ4v) is 1.02. The van der Waals surface area contributed by atoms with E-state index in [9.17, 15) is 0 Å². The van der Waals surface area contributed by atoms with E-state index < -0.39 is 0 Å². The summed E-state index contributed by atoms with van der Waals surface area (Å²) in [4.78, 5) is 4.23. The summed E-state index contributed by atoms with van der Waals surface area (Å²) in [6.07, 6.45) is 1.79. The molecule has 0 aliphatic heterocycles. The molecule has 0 aliphatic carbocycles. The van der Waals surface area contributed by atoms with E-state index in [1.54, 1.807) is 6.20 Å². The van der Waals surface area contributed by atoms with E-state index in [1.807, 2.05) is 19.1 Å². The molecule has 0 aliphatic rings. The second kappa shape index (κ2) is 4.82. The summed E-state index contributed by atoms with van der Waals surface area (Å²) in [6.45, 7) is 5.75. The highest BCUT2D eigenvalue weighted by Gasteiger charge is 2.00. The van der Waals surface area contributed by atoms with Crippen molar-refractivity contribution in [2.45, 2.75) is 13.8 Å². The fourth-order valence-electron chi connectivity index (χ4n) is 1.02. The Bertz CT molecular complexity index is 260. The van der Waals surface area contributed by atoms with Crippen LogP contribution in [0.15, 0.2) is 18.3 Å². The van der Waals surface area contributed by atoms with Crippen LogP contribution in [0.3, 0.4) is 0 Å². The highest BCUT2D eigenvalue weighted by molar-refractivity contribution is 5.42. The Morgan fingerprint density at radius 3 is 3.00 bits per heavy atom. The van der Waals surface area contributed by atoms with Crippen molar-refractivity contribution in [2.24, 2.45) is 11.7 Å². The minimum absolute atomic E-state index is 0.487. The average Bonchev–Trinajstić information content (AvgIpc) is 2.16. The third kappa shape index (κ3) is 3.03. The third-order valence-corrected chi connectivity index (χ3v) is 2.03. The van der Waals surface area contributed by atoms with Crippen molar-refractivity contribution >= 4 is 5.82 Å². The lowest BCUT2D eigenvalue weighted by Crippen LogP contribution is -2.20. The van der Waals surface area contributed by atoms with Gasteiger partial charge in [0.25, 0.3) is 0 Å². The van der Waals surface area contributed by atoms with E-state index in [2.05, 4.69) is 17.2 Å². The Balaban J connectivity index is 2.50. The first-order valence-electron chi connectivity index (χ1n) is 4.59. The molecule has 0 fully saturated rings. The zero-order valence-corrected chi connectivity index (χ0v) is 8.25. The first kappa shape index (κ1) is 9.99. The van der Waals surface area contributed by atoms with Crippen LogP contribution in [-0.4, -0.2) is 18.1 Å². The zero-order valence-electron chi connectivity index (χ0n) is 8.25. The molecule has 13 heavy (non-hydrogen) atoms. The van der Waals surface area contributed by atoms with Crippen LogP contribution in [0.5, 0.6) is 0 Å². The van der Waals surface area contributed by atoms with E-state index in [-0.39, 0.29) is 0 Å². The summed E-state index contributed by atoms with van der Waals surface area (Å²) in [6, 6.07) is 3.98. The van der Waals surface area contributed by atoms with Crippen molar-refractivity contribution in [3.8, 4) is 0 Å². The van der Waals surface area contributed by atoms with E-state index >= 15 is 0 Å². The van der Waals surface area contributed by atoms with Gasteiger partial charge in [0, 0.05) is 12.7 Å². The molecule has 0 radical (unpaired) electrons. The molecule has 1 atom stereocenters. The van der Waals surface area contributed by atoms with E-state index in [0.29, 0.717) is 12.5 Å². The predicted molar refractivity (Wildman–Crippen MR) is 55.7 cm³/mol. The van der Waals surface area contributed by atoms with Gasteiger partial charge in [0.05, 0.1) is 0 Å². The van der Waals surface area contributed by atoms with Crippen LogP contribution >= 0.6 is 0 Å². The Hall–Kier alpha value is -1.09. The molecule has 0 amide bonds. The van der Waals surface area contributed by atoms with Gasteiger partial charge in [-0.15, -0.1) is 0 Å². The van der Waals surface area contributed by atoms with Crippen molar-refractivity contribution in [3.63, 3.8) is 0 Å². The fraction of sp³-hybridized carbons (Fsp3) is 0.500. The van der Waals surface area contributed by atoms with E-state index in [0.717, 1.165) is 12.4 Å². The third-order valence-electron chi connectivity index (χ3n) is 2.03. The number of aromatic nitrogens is 1. The topological polar surface area (TPSA) is 50.9 Å². The molecule has 0 saturated heterocycles. The second-order valence-corrected chi connectivity index (χ2v) is 3.39. The SMILES string of the molecule is Cc1cccnc1NCC(C)CN. The van der Waals surface area contributed by atoms with E-state index in [1.165, 1.54) is 5.56 Å². The monoisotopic (exact) mass is 179 g/mol. The highest BCUT2D eigenvalue weighted by atomic mass is 15.0. The largest absolute Gasteiger partial charge is 0.370 e. The number of anilines is 1. The van der Waals surface area contributed by atoms with Crippen molar-refractivity contribution in [3.05, 3.63) is 23.9 Å². The molecule has 3 heteroatoms. The molecule has 3 nitrogen and oxygen atoms in total. The number of hydrogen-bond acceptors (Lipinski definition) is 3. The summed E-state index contributed by atoms with van der Waals surface area (Å²) in [5.74, 6) is 1.45. The Morgan fingerprint density at radius 2 is 2.38 bits per heavy atom. The average molecular weight is 179 g/mol. The molecule has 1 aromatic rings. The van der Waals surface area contributed by atoms with Crippen LogP contribution in [0.25, 0.3) is 0 Å². The lowest BCUT2D eigenvalue weighted by Gasteiger charge is -2.11. The minimum Gasteiger partial charge on any atom is -0.370 e. The quantitative estimate of drug-likeness (QED) is 0.734. The van der Waals surface area contributed by atoms with Gasteiger partial charge in [0.15, 0.2) is 0 Å². The first-order valence-corrected chi connectivity index (χ1v) is 4.59. The maximum absolute atomic E-state index is 5.51. The number of rotatable bonds is 4. The molecule has 1 heterocycles. The Labute approximate surface area is 79.4 Å². The summed E-state index contributed by atoms with van der Waals surface area (Å²) >= 11 is 0. The first-order chi connectivity index (χ1) is 6.24. The smallest absolute Gasteiger partial charge is 0.128 e. The van der Waals surface area contributed by atoms with Crippen LogP contribution < -0.4 is 11.1 Å². The summed E-state index contributed by atoms with van der Waals surface area (Å²) in [7, 11) is 0. The molecule has 0 saturated carbocycles. The second-order valence-electron chi connectivity index (χ2n) is 3.39. The van der Waals surface area contributed by atoms with Crippen molar-refractivity contribution < 1.29 is 0 Å². The molecule has 72 valence electrons. The Kier molecular flexibility index (Phi) is 3.71. The molecule has 0 aromatic carbocycles. The highest BCUT2D eigenvalue weighted by Crippen LogP contribution is 2.09. The van der Waals surface area contributed by atoms with Crippen LogP contribution in [0, 0.1) is 12.8 Å². The van der Waals surface area contributed by atoms with Gasteiger partial charge < -0.3 is 11.1 Å². The molecule has 1 unspecified atom stereocenters. The van der Waals surface area contributed by atoms with Crippen molar-refractivity contribution in [1.82, 2.24) is 4.98 Å². The van der Waals surface area contributed by atoms with Gasteiger partial charge in [-0.3, -0.25) is 0 Å². The van der Waals surface area contributed by atoms with Gasteiger partial charge in [0.2, 0.25) is 0 Å². The lowest BCUT2D eigenvalue weighted by atomic mass is 10.2. The molecular formula is C10H17N3. The maximum atomic E-state index is 5.51. The van der Waals surface area contributed by atoms with Gasteiger partial charge in [-0.2, -0.15) is 0 Å². The number of aryl methyl sites for hydroxylation is 1. The number of nitrogens with zero attached hydrogens (tertiary/aromatic N) is 1. The molecule has 0 bridgehead atoms. The number of nitrogens with two attached hydrogens (primary N) is 1. The molecular weight excluding hydrogens is 162 g/mol. The summed E-state index contributed by atoms with van der Waals surface area (Å²) in [5, 5.41) is 3.27. The predicted octanol–water partition coefficient (Wildman–Crippen LogP) is 1.40. The lowest BCUT2D eigenvalue weighted by molar-refractivity contribution is 0.626. The standard InChI is InChI=1S/C10H17N3/c1-8(6-11)7-13-10-9(2)4-3-5-12-10/h3-5,8H,6-7,11H2,1-2H3,(H,12,13). The number of nitrogens with one attached hydrogen (secondary N) is 1. The normalized spacial score (nSPS) is 12.5. The van der Waals surface area contributed by atoms with E-state index in [4.69, 9.17) is 5.73 Å². The van der Waals surface area contributed by atoms with Gasteiger partial charge in [-0.05, 0) is 31.0 Å². The number of pyridine rings is 1. The summed E-state index contributed by atoms with van der Waals surface area (Å²) < 4.78 is 0. The molecule has 3 N–H and O–H groups in total. The van der Waals surface area contributed by atoms with Gasteiger partial charge >= 0.3 is 0 Å². The van der Waals surface area contributed by atoms with Crippen LogP contribution in [0.1, 0.15) is 12.5 Å². The molecule has 1 aromatic heterocycles. The van der Waals surface area contributed by atoms with Gasteiger partial charge in [-0.25, -0.2) is 4.98 Å². The Morgan fingerprint density at radius 1 is 1.62 bits per heavy atom. The molecule has 0 spiro atoms. The zero-order chi connectivity index (χ0) is 9.68. The maximum Gasteiger partial charge on any atom is 0.128 e. The molecule has 1 rings (SSSR count). The minimum atomic E-state index is 0.487. The summed E-state index contributed by atoms with van der Waals surface area (Å²) in [5.41, 5.74) is 6.69. The van der Waals surface area contributed by atoms with Crippen LogP contribution in [-0.2, 0) is 0 Å². The van der Waals surface area contributed by atoms with Gasteiger partial charge in [0.1, 0.15) is 5.82 Å². The van der Waals surface area contributed by atoms with Gasteiger partial charge in [-0.1, -0.05) is 13.0 Å². The number of hydrogen-bond donors (Lipinski definition) is 2. The van der Waals surface area contributed by atoms with Crippen LogP contribution in [0.2, 0.25) is 0 Å². The van der Waals surface area contributed by atoms with Crippen LogP contribution in [0.4, 0.5) is 5.82 Å². The van der Waals surface area contributed by atoms with Crippen molar-refractivity contribution in [2.75, 3.05) is 18.4 Å².